The Balaban J connectivity index is 1.64. The van der Waals surface area contributed by atoms with Crippen LogP contribution < -0.4 is 5.56 Å². The number of ketones is 1. The minimum absolute atomic E-state index is 0.0239. The van der Waals surface area contributed by atoms with Gasteiger partial charge in [-0.2, -0.15) is 0 Å². The summed E-state index contributed by atoms with van der Waals surface area (Å²) in [6.07, 6.45) is 3.84. The van der Waals surface area contributed by atoms with Crippen LogP contribution >= 0.6 is 23.1 Å². The maximum absolute atomic E-state index is 13.3. The molecule has 0 saturated carbocycles. The second-order valence-electron chi connectivity index (χ2n) is 7.31. The Labute approximate surface area is 178 Å². The predicted octanol–water partition coefficient (Wildman–Crippen LogP) is 4.27. The number of carbonyl (C=O) groups is 1. The molecule has 0 bridgehead atoms. The van der Waals surface area contributed by atoms with Gasteiger partial charge in [0.25, 0.3) is 5.56 Å². The number of thioether (sulfide) groups is 1. The molecule has 3 aromatic rings. The van der Waals surface area contributed by atoms with Gasteiger partial charge < -0.3 is 4.74 Å². The first-order chi connectivity index (χ1) is 14.1. The molecule has 2 aromatic heterocycles. The van der Waals surface area contributed by atoms with E-state index in [1.807, 2.05) is 31.2 Å². The van der Waals surface area contributed by atoms with Gasteiger partial charge in [0.05, 0.1) is 11.1 Å². The number of ether oxygens (including phenoxy) is 1. The minimum Gasteiger partial charge on any atom is -0.385 e. The largest absolute Gasteiger partial charge is 0.385 e. The van der Waals surface area contributed by atoms with E-state index in [0.29, 0.717) is 23.9 Å². The number of thiophene rings is 1. The van der Waals surface area contributed by atoms with Crippen LogP contribution in [0.3, 0.4) is 0 Å². The number of carbonyl (C=O) groups excluding carboxylic acids is 1. The SMILES string of the molecule is COCCCn1c(SCC(=O)c2ccc(C)cc2)nc2sc3c(c2c1=O)CCC3. The zero-order valence-electron chi connectivity index (χ0n) is 16.7. The Hall–Kier alpha value is -1.96. The summed E-state index contributed by atoms with van der Waals surface area (Å²) in [5, 5.41) is 1.41. The third-order valence-electron chi connectivity index (χ3n) is 5.23. The van der Waals surface area contributed by atoms with Crippen molar-refractivity contribution in [3.8, 4) is 0 Å². The van der Waals surface area contributed by atoms with Crippen LogP contribution in [0.5, 0.6) is 0 Å². The van der Waals surface area contributed by atoms with E-state index in [0.717, 1.165) is 41.5 Å². The van der Waals surface area contributed by atoms with E-state index in [9.17, 15) is 9.59 Å². The van der Waals surface area contributed by atoms with Crippen molar-refractivity contribution < 1.29 is 9.53 Å². The van der Waals surface area contributed by atoms with E-state index in [1.54, 1.807) is 23.0 Å². The number of methoxy groups -OCH3 is 1. The van der Waals surface area contributed by atoms with Crippen LogP contribution in [0.1, 0.15) is 39.2 Å². The van der Waals surface area contributed by atoms with E-state index in [4.69, 9.17) is 9.72 Å². The number of hydrogen-bond acceptors (Lipinski definition) is 6. The van der Waals surface area contributed by atoms with Crippen molar-refractivity contribution in [1.29, 1.82) is 0 Å². The third-order valence-corrected chi connectivity index (χ3v) is 7.39. The Morgan fingerprint density at radius 1 is 1.28 bits per heavy atom. The number of benzene rings is 1. The fourth-order valence-electron chi connectivity index (χ4n) is 3.69. The van der Waals surface area contributed by atoms with Crippen molar-refractivity contribution in [2.24, 2.45) is 0 Å². The maximum Gasteiger partial charge on any atom is 0.263 e. The summed E-state index contributed by atoms with van der Waals surface area (Å²) in [5.41, 5.74) is 3.03. The normalized spacial score (nSPS) is 13.2. The Kier molecular flexibility index (Phi) is 6.18. The molecule has 2 heterocycles. The van der Waals surface area contributed by atoms with Crippen LogP contribution in [0.15, 0.2) is 34.2 Å². The van der Waals surface area contributed by atoms with Crippen LogP contribution in [-0.4, -0.2) is 34.8 Å². The summed E-state index contributed by atoms with van der Waals surface area (Å²) in [5.74, 6) is 0.303. The summed E-state index contributed by atoms with van der Waals surface area (Å²) in [4.78, 5) is 32.8. The van der Waals surface area contributed by atoms with Gasteiger partial charge in [-0.15, -0.1) is 11.3 Å². The smallest absolute Gasteiger partial charge is 0.263 e. The van der Waals surface area contributed by atoms with Crippen molar-refractivity contribution in [1.82, 2.24) is 9.55 Å². The van der Waals surface area contributed by atoms with E-state index in [2.05, 4.69) is 0 Å². The molecule has 1 aliphatic rings. The summed E-state index contributed by atoms with van der Waals surface area (Å²) in [6.45, 7) is 3.12. The molecule has 0 aliphatic heterocycles. The lowest BCUT2D eigenvalue weighted by molar-refractivity contribution is 0.102. The van der Waals surface area contributed by atoms with Gasteiger partial charge >= 0.3 is 0 Å². The number of aryl methyl sites for hydroxylation is 3. The zero-order chi connectivity index (χ0) is 20.4. The monoisotopic (exact) mass is 428 g/mol. The van der Waals surface area contributed by atoms with Gasteiger partial charge in [0, 0.05) is 30.7 Å². The van der Waals surface area contributed by atoms with Crippen molar-refractivity contribution in [2.75, 3.05) is 19.5 Å². The van der Waals surface area contributed by atoms with E-state index >= 15 is 0 Å². The molecular weight excluding hydrogens is 404 g/mol. The molecule has 0 atom stereocenters. The standard InChI is InChI=1S/C22H24N2O3S2/c1-14-7-9-15(10-8-14)17(25)13-28-22-23-20-19(16-5-3-6-18(16)29-20)21(26)24(22)11-4-12-27-2/h7-10H,3-6,11-13H2,1-2H3. The van der Waals surface area contributed by atoms with Crippen LogP contribution in [0.2, 0.25) is 0 Å². The van der Waals surface area contributed by atoms with Gasteiger partial charge in [-0.1, -0.05) is 41.6 Å². The molecular formula is C22H24N2O3S2. The summed E-state index contributed by atoms with van der Waals surface area (Å²) < 4.78 is 6.90. The molecule has 0 saturated heterocycles. The predicted molar refractivity (Wildman–Crippen MR) is 119 cm³/mol. The molecule has 7 heteroatoms. The molecule has 0 spiro atoms. The molecule has 4 rings (SSSR count). The number of hydrogen-bond donors (Lipinski definition) is 0. The first kappa shape index (κ1) is 20.3. The highest BCUT2D eigenvalue weighted by Gasteiger charge is 2.23. The molecule has 0 radical (unpaired) electrons. The Morgan fingerprint density at radius 3 is 2.83 bits per heavy atom. The zero-order valence-corrected chi connectivity index (χ0v) is 18.3. The first-order valence-corrected chi connectivity index (χ1v) is 11.7. The number of fused-ring (bicyclic) bond motifs is 3. The van der Waals surface area contributed by atoms with E-state index < -0.39 is 0 Å². The molecule has 152 valence electrons. The van der Waals surface area contributed by atoms with Gasteiger partial charge in [0.1, 0.15) is 4.83 Å². The molecule has 0 N–H and O–H groups in total. The molecule has 5 nitrogen and oxygen atoms in total. The average Bonchev–Trinajstić information content (AvgIpc) is 3.29. The minimum atomic E-state index is 0.0239. The first-order valence-electron chi connectivity index (χ1n) is 9.85. The molecule has 0 unspecified atom stereocenters. The van der Waals surface area contributed by atoms with E-state index in [1.165, 1.54) is 22.2 Å². The molecule has 0 amide bonds. The van der Waals surface area contributed by atoms with Gasteiger partial charge in [0.15, 0.2) is 10.9 Å². The maximum atomic E-state index is 13.3. The lowest BCUT2D eigenvalue weighted by atomic mass is 10.1. The lowest BCUT2D eigenvalue weighted by Crippen LogP contribution is -2.24. The van der Waals surface area contributed by atoms with Gasteiger partial charge in [-0.25, -0.2) is 4.98 Å². The summed E-state index contributed by atoms with van der Waals surface area (Å²) in [6, 6.07) is 7.58. The third kappa shape index (κ3) is 4.17. The van der Waals surface area contributed by atoms with Crippen LogP contribution in [0.4, 0.5) is 0 Å². The molecule has 1 aliphatic carbocycles. The highest BCUT2D eigenvalue weighted by atomic mass is 32.2. The number of Topliss-reactive ketones (excluding diaryl/α,β-unsaturated/α-hetero) is 1. The quantitative estimate of drug-likeness (QED) is 0.232. The Morgan fingerprint density at radius 2 is 2.07 bits per heavy atom. The molecule has 0 fully saturated rings. The highest BCUT2D eigenvalue weighted by Crippen LogP contribution is 2.35. The van der Waals surface area contributed by atoms with Crippen molar-refractivity contribution in [2.45, 2.75) is 44.3 Å². The second-order valence-corrected chi connectivity index (χ2v) is 9.34. The van der Waals surface area contributed by atoms with Crippen LogP contribution in [-0.2, 0) is 24.1 Å². The Bertz CT molecular complexity index is 1100. The van der Waals surface area contributed by atoms with Crippen LogP contribution in [0, 0.1) is 6.92 Å². The van der Waals surface area contributed by atoms with Gasteiger partial charge in [0.2, 0.25) is 0 Å². The fraction of sp³-hybridized carbons (Fsp3) is 0.409. The number of nitrogens with zero attached hydrogens (tertiary/aromatic N) is 2. The average molecular weight is 429 g/mol. The number of rotatable bonds is 8. The van der Waals surface area contributed by atoms with Crippen molar-refractivity contribution in [3.63, 3.8) is 0 Å². The molecule has 29 heavy (non-hydrogen) atoms. The molecule has 1 aromatic carbocycles. The second kappa shape index (κ2) is 8.81. The van der Waals surface area contributed by atoms with E-state index in [-0.39, 0.29) is 17.1 Å². The van der Waals surface area contributed by atoms with Gasteiger partial charge in [-0.3, -0.25) is 14.2 Å². The van der Waals surface area contributed by atoms with Crippen LogP contribution in [0.25, 0.3) is 10.2 Å². The highest BCUT2D eigenvalue weighted by molar-refractivity contribution is 7.99. The number of aromatic nitrogens is 2. The van der Waals surface area contributed by atoms with Crippen molar-refractivity contribution in [3.05, 3.63) is 56.2 Å². The topological polar surface area (TPSA) is 61.2 Å². The van der Waals surface area contributed by atoms with Crippen molar-refractivity contribution >= 4 is 39.1 Å². The fourth-order valence-corrected chi connectivity index (χ4v) is 5.91. The van der Waals surface area contributed by atoms with Gasteiger partial charge in [-0.05, 0) is 38.2 Å². The summed E-state index contributed by atoms with van der Waals surface area (Å²) in [7, 11) is 1.66. The lowest BCUT2D eigenvalue weighted by Gasteiger charge is -2.12. The summed E-state index contributed by atoms with van der Waals surface area (Å²) >= 11 is 2.99.